The fourth-order valence-corrected chi connectivity index (χ4v) is 2.30. The van der Waals surface area contributed by atoms with Gasteiger partial charge in [-0.25, -0.2) is 9.79 Å². The molecule has 25 heavy (non-hydrogen) atoms. The van der Waals surface area contributed by atoms with Crippen LogP contribution in [0.4, 0.5) is 4.79 Å². The molecule has 0 aromatic carbocycles. The van der Waals surface area contributed by atoms with E-state index in [1.807, 2.05) is 46.2 Å². The SMILES string of the molecule is CCNC(=NCc1nnc(C)n1C)NC1CN(C(=O)OC(C)(C)C)C1. The van der Waals surface area contributed by atoms with Crippen LogP contribution in [0.5, 0.6) is 0 Å². The molecule has 1 amide bonds. The summed E-state index contributed by atoms with van der Waals surface area (Å²) < 4.78 is 7.28. The van der Waals surface area contributed by atoms with E-state index in [1.54, 1.807) is 4.90 Å². The van der Waals surface area contributed by atoms with Gasteiger partial charge >= 0.3 is 6.09 Å². The molecular weight excluding hydrogens is 322 g/mol. The van der Waals surface area contributed by atoms with Crippen LogP contribution in [-0.4, -0.2) is 63.0 Å². The maximum atomic E-state index is 12.0. The molecule has 2 rings (SSSR count). The van der Waals surface area contributed by atoms with Gasteiger partial charge in [-0.05, 0) is 34.6 Å². The highest BCUT2D eigenvalue weighted by Crippen LogP contribution is 2.15. The first-order valence-electron chi connectivity index (χ1n) is 8.57. The van der Waals surface area contributed by atoms with Gasteiger partial charge in [0.25, 0.3) is 0 Å². The zero-order chi connectivity index (χ0) is 18.6. The van der Waals surface area contributed by atoms with Gasteiger partial charge in [0, 0.05) is 26.7 Å². The summed E-state index contributed by atoms with van der Waals surface area (Å²) in [6, 6.07) is 0.159. The van der Waals surface area contributed by atoms with Crippen LogP contribution in [0.25, 0.3) is 0 Å². The Morgan fingerprint density at radius 2 is 2.04 bits per heavy atom. The van der Waals surface area contributed by atoms with Crippen LogP contribution < -0.4 is 10.6 Å². The normalized spacial score (nSPS) is 15.8. The van der Waals surface area contributed by atoms with Crippen LogP contribution in [0.3, 0.4) is 0 Å². The van der Waals surface area contributed by atoms with E-state index in [1.165, 1.54) is 0 Å². The Balaban J connectivity index is 1.85. The minimum absolute atomic E-state index is 0.159. The number of carbonyl (C=O) groups is 1. The number of aromatic nitrogens is 3. The smallest absolute Gasteiger partial charge is 0.410 e. The molecule has 0 unspecified atom stereocenters. The number of carbonyl (C=O) groups excluding carboxylic acids is 1. The number of hydrogen-bond donors (Lipinski definition) is 2. The molecule has 1 aliphatic heterocycles. The largest absolute Gasteiger partial charge is 0.444 e. The van der Waals surface area contributed by atoms with E-state index in [0.717, 1.165) is 18.2 Å². The lowest BCUT2D eigenvalue weighted by atomic mass is 10.1. The third-order valence-corrected chi connectivity index (χ3v) is 3.78. The molecular formula is C16H29N7O2. The second-order valence-electron chi connectivity index (χ2n) is 7.14. The lowest BCUT2D eigenvalue weighted by molar-refractivity contribution is 0.00701. The molecule has 0 atom stereocenters. The lowest BCUT2D eigenvalue weighted by Gasteiger charge is -2.40. The number of ether oxygens (including phenoxy) is 1. The van der Waals surface area contributed by atoms with Crippen molar-refractivity contribution in [2.24, 2.45) is 12.0 Å². The summed E-state index contributed by atoms with van der Waals surface area (Å²) >= 11 is 0. The van der Waals surface area contributed by atoms with Gasteiger partial charge in [-0.3, -0.25) is 0 Å². The number of rotatable bonds is 4. The van der Waals surface area contributed by atoms with Gasteiger partial charge in [0.05, 0.1) is 6.04 Å². The molecule has 0 saturated carbocycles. The Labute approximate surface area is 148 Å². The lowest BCUT2D eigenvalue weighted by Crippen LogP contribution is -2.63. The Hall–Kier alpha value is -2.32. The zero-order valence-corrected chi connectivity index (χ0v) is 16.0. The summed E-state index contributed by atoms with van der Waals surface area (Å²) in [5.41, 5.74) is -0.472. The number of aryl methyl sites for hydroxylation is 1. The van der Waals surface area contributed by atoms with Gasteiger partial charge < -0.3 is 24.8 Å². The molecule has 2 N–H and O–H groups in total. The van der Waals surface area contributed by atoms with Gasteiger partial charge in [0.1, 0.15) is 18.0 Å². The number of likely N-dealkylation sites (tertiary alicyclic amines) is 1. The van der Waals surface area contributed by atoms with Crippen LogP contribution in [0.2, 0.25) is 0 Å². The van der Waals surface area contributed by atoms with Gasteiger partial charge in [-0.1, -0.05) is 0 Å². The zero-order valence-electron chi connectivity index (χ0n) is 16.0. The molecule has 9 nitrogen and oxygen atoms in total. The highest BCUT2D eigenvalue weighted by Gasteiger charge is 2.34. The van der Waals surface area contributed by atoms with Gasteiger partial charge in [0.2, 0.25) is 0 Å². The average molecular weight is 351 g/mol. The van der Waals surface area contributed by atoms with Crippen molar-refractivity contribution in [2.45, 2.75) is 52.8 Å². The molecule has 1 fully saturated rings. The van der Waals surface area contributed by atoms with E-state index >= 15 is 0 Å². The number of aliphatic imine (C=N–C) groups is 1. The minimum atomic E-state index is -0.472. The fraction of sp³-hybridized carbons (Fsp3) is 0.750. The van der Waals surface area contributed by atoms with Crippen molar-refractivity contribution in [2.75, 3.05) is 19.6 Å². The number of nitrogens with one attached hydrogen (secondary N) is 2. The first kappa shape index (κ1) is 19.0. The minimum Gasteiger partial charge on any atom is -0.444 e. The number of nitrogens with zero attached hydrogens (tertiary/aromatic N) is 5. The van der Waals surface area contributed by atoms with E-state index in [0.29, 0.717) is 25.6 Å². The van der Waals surface area contributed by atoms with Crippen LogP contribution >= 0.6 is 0 Å². The molecule has 1 saturated heterocycles. The standard InChI is InChI=1S/C16H29N7O2/c1-7-17-14(18-8-13-21-20-11(2)22(13)6)19-12-9-23(10-12)15(24)25-16(3,4)5/h12H,7-10H2,1-6H3,(H2,17,18,19). The summed E-state index contributed by atoms with van der Waals surface area (Å²) in [4.78, 5) is 18.2. The van der Waals surface area contributed by atoms with Gasteiger partial charge in [-0.15, -0.1) is 10.2 Å². The summed E-state index contributed by atoms with van der Waals surface area (Å²) in [7, 11) is 1.92. The van der Waals surface area contributed by atoms with E-state index in [4.69, 9.17) is 4.74 Å². The maximum Gasteiger partial charge on any atom is 0.410 e. The summed E-state index contributed by atoms with van der Waals surface area (Å²) in [5, 5.41) is 14.7. The predicted molar refractivity (Wildman–Crippen MR) is 95.3 cm³/mol. The van der Waals surface area contributed by atoms with Crippen molar-refractivity contribution < 1.29 is 9.53 Å². The molecule has 1 aromatic heterocycles. The van der Waals surface area contributed by atoms with Crippen molar-refractivity contribution in [3.63, 3.8) is 0 Å². The van der Waals surface area contributed by atoms with E-state index in [9.17, 15) is 4.79 Å². The van der Waals surface area contributed by atoms with E-state index in [2.05, 4.69) is 25.8 Å². The van der Waals surface area contributed by atoms with E-state index in [-0.39, 0.29) is 12.1 Å². The first-order chi connectivity index (χ1) is 11.7. The molecule has 0 aliphatic carbocycles. The monoisotopic (exact) mass is 351 g/mol. The number of hydrogen-bond acceptors (Lipinski definition) is 5. The quantitative estimate of drug-likeness (QED) is 0.615. The summed E-state index contributed by atoms with van der Waals surface area (Å²) in [5.74, 6) is 2.37. The van der Waals surface area contributed by atoms with Crippen molar-refractivity contribution >= 4 is 12.1 Å². The third kappa shape index (κ3) is 5.33. The van der Waals surface area contributed by atoms with Crippen LogP contribution in [0.15, 0.2) is 4.99 Å². The molecule has 0 bridgehead atoms. The average Bonchev–Trinajstić information content (AvgIpc) is 2.77. The Bertz CT molecular complexity index is 627. The molecule has 0 radical (unpaired) electrons. The second-order valence-corrected chi connectivity index (χ2v) is 7.14. The highest BCUT2D eigenvalue weighted by atomic mass is 16.6. The van der Waals surface area contributed by atoms with Crippen molar-refractivity contribution in [3.05, 3.63) is 11.6 Å². The number of guanidine groups is 1. The molecule has 9 heteroatoms. The summed E-state index contributed by atoms with van der Waals surface area (Å²) in [6.45, 7) is 11.9. The fourth-order valence-electron chi connectivity index (χ4n) is 2.30. The molecule has 0 spiro atoms. The topological polar surface area (TPSA) is 96.7 Å². The Kier molecular flexibility index (Phi) is 5.86. The third-order valence-electron chi connectivity index (χ3n) is 3.78. The first-order valence-corrected chi connectivity index (χ1v) is 8.57. The Morgan fingerprint density at radius 3 is 2.56 bits per heavy atom. The summed E-state index contributed by atoms with van der Waals surface area (Å²) in [6.07, 6.45) is -0.276. The highest BCUT2D eigenvalue weighted by molar-refractivity contribution is 5.80. The van der Waals surface area contributed by atoms with Crippen molar-refractivity contribution in [1.29, 1.82) is 0 Å². The van der Waals surface area contributed by atoms with Crippen molar-refractivity contribution in [1.82, 2.24) is 30.3 Å². The molecule has 140 valence electrons. The maximum absolute atomic E-state index is 12.0. The predicted octanol–water partition coefficient (Wildman–Crippen LogP) is 0.798. The van der Waals surface area contributed by atoms with Gasteiger partial charge in [0.15, 0.2) is 11.8 Å². The molecule has 1 aromatic rings. The van der Waals surface area contributed by atoms with Crippen molar-refractivity contribution in [3.8, 4) is 0 Å². The molecule has 1 aliphatic rings. The van der Waals surface area contributed by atoms with Crippen LogP contribution in [0, 0.1) is 6.92 Å². The van der Waals surface area contributed by atoms with Crippen LogP contribution in [-0.2, 0) is 18.3 Å². The number of amides is 1. The van der Waals surface area contributed by atoms with E-state index < -0.39 is 5.60 Å². The molecule has 2 heterocycles. The van der Waals surface area contributed by atoms with Gasteiger partial charge in [-0.2, -0.15) is 0 Å². The van der Waals surface area contributed by atoms with Crippen LogP contribution in [0.1, 0.15) is 39.3 Å². The Morgan fingerprint density at radius 1 is 1.36 bits per heavy atom. The second kappa shape index (κ2) is 7.71.